The van der Waals surface area contributed by atoms with Crippen molar-refractivity contribution in [1.82, 2.24) is 5.32 Å². The SMILES string of the molecule is CCCCCNCC(C)(C)N. The zero-order valence-electron chi connectivity index (χ0n) is 8.11. The predicted octanol–water partition coefficient (Wildman–Crippen LogP) is 1.50. The Morgan fingerprint density at radius 3 is 2.36 bits per heavy atom. The normalized spacial score (nSPS) is 12.0. The number of hydrogen-bond acceptors (Lipinski definition) is 2. The maximum Gasteiger partial charge on any atom is 0.0223 e. The lowest BCUT2D eigenvalue weighted by Crippen LogP contribution is -2.43. The summed E-state index contributed by atoms with van der Waals surface area (Å²) in [5, 5.41) is 3.34. The highest BCUT2D eigenvalue weighted by Crippen LogP contribution is 1.94. The van der Waals surface area contributed by atoms with Crippen LogP contribution in [-0.4, -0.2) is 18.6 Å². The van der Waals surface area contributed by atoms with Crippen LogP contribution >= 0.6 is 0 Å². The average Bonchev–Trinajstić information content (AvgIpc) is 1.85. The van der Waals surface area contributed by atoms with Crippen LogP contribution in [0.3, 0.4) is 0 Å². The number of rotatable bonds is 6. The van der Waals surface area contributed by atoms with Gasteiger partial charge < -0.3 is 11.1 Å². The van der Waals surface area contributed by atoms with Crippen molar-refractivity contribution >= 4 is 0 Å². The van der Waals surface area contributed by atoms with Crippen LogP contribution < -0.4 is 11.1 Å². The fraction of sp³-hybridized carbons (Fsp3) is 1.00. The molecule has 0 bridgehead atoms. The van der Waals surface area contributed by atoms with Crippen LogP contribution in [0, 0.1) is 0 Å². The average molecular weight is 158 g/mol. The minimum absolute atomic E-state index is 0.0633. The van der Waals surface area contributed by atoms with Crippen LogP contribution in [0.1, 0.15) is 40.0 Å². The molecule has 0 aromatic carbocycles. The third kappa shape index (κ3) is 9.92. The first-order valence-electron chi connectivity index (χ1n) is 4.56. The Kier molecular flexibility index (Phi) is 5.51. The van der Waals surface area contributed by atoms with Gasteiger partial charge in [0.25, 0.3) is 0 Å². The van der Waals surface area contributed by atoms with Crippen molar-refractivity contribution in [2.75, 3.05) is 13.1 Å². The summed E-state index contributed by atoms with van der Waals surface area (Å²) in [6.45, 7) is 8.32. The highest BCUT2D eigenvalue weighted by Gasteiger charge is 2.08. The second-order valence-corrected chi connectivity index (χ2v) is 3.87. The van der Waals surface area contributed by atoms with Crippen LogP contribution in [0.2, 0.25) is 0 Å². The molecule has 0 aromatic rings. The summed E-state index contributed by atoms with van der Waals surface area (Å²) in [4.78, 5) is 0. The van der Waals surface area contributed by atoms with Gasteiger partial charge in [-0.25, -0.2) is 0 Å². The lowest BCUT2D eigenvalue weighted by atomic mass is 10.1. The van der Waals surface area contributed by atoms with E-state index >= 15 is 0 Å². The summed E-state index contributed by atoms with van der Waals surface area (Å²) in [6, 6.07) is 0. The molecule has 0 saturated heterocycles. The molecule has 0 atom stereocenters. The van der Waals surface area contributed by atoms with E-state index in [-0.39, 0.29) is 5.54 Å². The van der Waals surface area contributed by atoms with E-state index in [1.807, 2.05) is 13.8 Å². The van der Waals surface area contributed by atoms with E-state index in [0.717, 1.165) is 13.1 Å². The Balaban J connectivity index is 3.02. The van der Waals surface area contributed by atoms with Crippen molar-refractivity contribution in [1.29, 1.82) is 0 Å². The minimum Gasteiger partial charge on any atom is -0.324 e. The lowest BCUT2D eigenvalue weighted by Gasteiger charge is -2.18. The molecule has 0 radical (unpaired) electrons. The first kappa shape index (κ1) is 10.9. The van der Waals surface area contributed by atoms with Crippen LogP contribution in [0.15, 0.2) is 0 Å². The Labute approximate surface area is 70.5 Å². The summed E-state index contributed by atoms with van der Waals surface area (Å²) in [5.41, 5.74) is 5.72. The predicted molar refractivity (Wildman–Crippen MR) is 50.7 cm³/mol. The largest absolute Gasteiger partial charge is 0.324 e. The van der Waals surface area contributed by atoms with Gasteiger partial charge in [-0.3, -0.25) is 0 Å². The molecule has 0 aliphatic rings. The van der Waals surface area contributed by atoms with Crippen LogP contribution in [0.5, 0.6) is 0 Å². The Bertz CT molecular complexity index is 84.1. The molecule has 0 aliphatic heterocycles. The third-order valence-electron chi connectivity index (χ3n) is 1.54. The van der Waals surface area contributed by atoms with E-state index in [2.05, 4.69) is 12.2 Å². The van der Waals surface area contributed by atoms with E-state index in [0.29, 0.717) is 0 Å². The molecular formula is C9H22N2. The van der Waals surface area contributed by atoms with Crippen LogP contribution in [0.4, 0.5) is 0 Å². The van der Waals surface area contributed by atoms with Gasteiger partial charge in [0.15, 0.2) is 0 Å². The van der Waals surface area contributed by atoms with Gasteiger partial charge in [-0.05, 0) is 26.8 Å². The monoisotopic (exact) mass is 158 g/mol. The van der Waals surface area contributed by atoms with Crippen molar-refractivity contribution < 1.29 is 0 Å². The first-order chi connectivity index (χ1) is 5.06. The van der Waals surface area contributed by atoms with Crippen LogP contribution in [0.25, 0.3) is 0 Å². The molecule has 11 heavy (non-hydrogen) atoms. The molecule has 2 nitrogen and oxygen atoms in total. The molecule has 0 fully saturated rings. The summed E-state index contributed by atoms with van der Waals surface area (Å²) >= 11 is 0. The number of unbranched alkanes of at least 4 members (excludes halogenated alkanes) is 2. The Hall–Kier alpha value is -0.0800. The molecule has 0 amide bonds. The van der Waals surface area contributed by atoms with Crippen molar-refractivity contribution in [3.05, 3.63) is 0 Å². The molecule has 0 aliphatic carbocycles. The van der Waals surface area contributed by atoms with E-state index < -0.39 is 0 Å². The van der Waals surface area contributed by atoms with Gasteiger partial charge in [0.05, 0.1) is 0 Å². The minimum atomic E-state index is -0.0633. The number of nitrogens with one attached hydrogen (secondary N) is 1. The molecule has 0 spiro atoms. The number of hydrogen-bond donors (Lipinski definition) is 2. The summed E-state index contributed by atoms with van der Waals surface area (Å²) in [6.07, 6.45) is 3.87. The van der Waals surface area contributed by atoms with E-state index in [9.17, 15) is 0 Å². The van der Waals surface area contributed by atoms with Gasteiger partial charge in [-0.15, -0.1) is 0 Å². The topological polar surface area (TPSA) is 38.0 Å². The third-order valence-corrected chi connectivity index (χ3v) is 1.54. The molecule has 0 saturated carbocycles. The van der Waals surface area contributed by atoms with Crippen LogP contribution in [-0.2, 0) is 0 Å². The molecule has 0 unspecified atom stereocenters. The summed E-state index contributed by atoms with van der Waals surface area (Å²) < 4.78 is 0. The second-order valence-electron chi connectivity index (χ2n) is 3.87. The fourth-order valence-electron chi connectivity index (χ4n) is 0.911. The maximum atomic E-state index is 5.79. The fourth-order valence-corrected chi connectivity index (χ4v) is 0.911. The summed E-state index contributed by atoms with van der Waals surface area (Å²) in [7, 11) is 0. The molecule has 0 heterocycles. The van der Waals surface area contributed by atoms with Crippen molar-refractivity contribution in [2.24, 2.45) is 5.73 Å². The van der Waals surface area contributed by atoms with Crippen molar-refractivity contribution in [2.45, 2.75) is 45.6 Å². The molecular weight excluding hydrogens is 136 g/mol. The quantitative estimate of drug-likeness (QED) is 0.575. The molecule has 2 heteroatoms. The highest BCUT2D eigenvalue weighted by molar-refractivity contribution is 4.74. The zero-order valence-corrected chi connectivity index (χ0v) is 8.11. The van der Waals surface area contributed by atoms with E-state index in [1.165, 1.54) is 19.3 Å². The van der Waals surface area contributed by atoms with Gasteiger partial charge in [0.1, 0.15) is 0 Å². The van der Waals surface area contributed by atoms with Gasteiger partial charge >= 0.3 is 0 Å². The standard InChI is InChI=1S/C9H22N2/c1-4-5-6-7-11-8-9(2,3)10/h11H,4-8,10H2,1-3H3. The van der Waals surface area contributed by atoms with Crippen molar-refractivity contribution in [3.63, 3.8) is 0 Å². The van der Waals surface area contributed by atoms with Crippen molar-refractivity contribution in [3.8, 4) is 0 Å². The van der Waals surface area contributed by atoms with E-state index in [1.54, 1.807) is 0 Å². The Morgan fingerprint density at radius 1 is 1.27 bits per heavy atom. The van der Waals surface area contributed by atoms with Gasteiger partial charge in [0.2, 0.25) is 0 Å². The second kappa shape index (κ2) is 5.56. The first-order valence-corrected chi connectivity index (χ1v) is 4.56. The smallest absolute Gasteiger partial charge is 0.0223 e. The zero-order chi connectivity index (χ0) is 8.74. The molecule has 68 valence electrons. The van der Waals surface area contributed by atoms with Gasteiger partial charge in [-0.2, -0.15) is 0 Å². The molecule has 0 rings (SSSR count). The van der Waals surface area contributed by atoms with Gasteiger partial charge in [-0.1, -0.05) is 19.8 Å². The molecule has 3 N–H and O–H groups in total. The maximum absolute atomic E-state index is 5.79. The van der Waals surface area contributed by atoms with Gasteiger partial charge in [0, 0.05) is 12.1 Å². The number of nitrogens with two attached hydrogens (primary N) is 1. The molecule has 0 aromatic heterocycles. The highest BCUT2D eigenvalue weighted by atomic mass is 14.9. The van der Waals surface area contributed by atoms with E-state index in [4.69, 9.17) is 5.73 Å². The summed E-state index contributed by atoms with van der Waals surface area (Å²) in [5.74, 6) is 0. The lowest BCUT2D eigenvalue weighted by molar-refractivity contribution is 0.461. The Morgan fingerprint density at radius 2 is 1.91 bits per heavy atom.